The summed E-state index contributed by atoms with van der Waals surface area (Å²) in [4.78, 5) is 6.47. The molecule has 0 amide bonds. The molecule has 6 heteroatoms. The summed E-state index contributed by atoms with van der Waals surface area (Å²) in [7, 11) is 1.99. The van der Waals surface area contributed by atoms with Gasteiger partial charge in [-0.1, -0.05) is 6.07 Å². The number of aryl methyl sites for hydroxylation is 2. The van der Waals surface area contributed by atoms with Gasteiger partial charge in [0.25, 0.3) is 0 Å². The van der Waals surface area contributed by atoms with Gasteiger partial charge in [-0.05, 0) is 24.6 Å². The Morgan fingerprint density at radius 1 is 1.29 bits per heavy atom. The largest absolute Gasteiger partial charge is 0.395 e. The predicted octanol–water partition coefficient (Wildman–Crippen LogP) is 1.45. The zero-order valence-electron chi connectivity index (χ0n) is 12.5. The van der Waals surface area contributed by atoms with Crippen LogP contribution in [0.4, 0.5) is 0 Å². The van der Waals surface area contributed by atoms with E-state index in [1.165, 1.54) is 0 Å². The fourth-order valence-electron chi connectivity index (χ4n) is 2.44. The normalized spacial score (nSPS) is 13.2. The molecule has 0 fully saturated rings. The number of fused-ring (bicyclic) bond motifs is 1. The van der Waals surface area contributed by atoms with Crippen LogP contribution in [0.15, 0.2) is 18.2 Å². The molecule has 0 aliphatic carbocycles. The maximum Gasteiger partial charge on any atom is 0.106 e. The summed E-state index contributed by atoms with van der Waals surface area (Å²) >= 11 is 6.48. The average molecular weight is 312 g/mol. The monoisotopic (exact) mass is 311 g/mol. The second-order valence-corrected chi connectivity index (χ2v) is 5.71. The first-order valence-electron chi connectivity index (χ1n) is 7.08. The highest BCUT2D eigenvalue weighted by molar-refractivity contribution is 6.21. The van der Waals surface area contributed by atoms with Gasteiger partial charge in [0, 0.05) is 26.7 Å². The summed E-state index contributed by atoms with van der Waals surface area (Å²) in [5.41, 5.74) is 3.03. The number of hydrogen-bond donors (Lipinski definition) is 2. The van der Waals surface area contributed by atoms with Crippen molar-refractivity contribution in [1.29, 1.82) is 0 Å². The van der Waals surface area contributed by atoms with E-state index in [0.717, 1.165) is 22.4 Å². The van der Waals surface area contributed by atoms with Crippen LogP contribution in [0.2, 0.25) is 0 Å². The Bertz CT molecular complexity index is 594. The van der Waals surface area contributed by atoms with Gasteiger partial charge >= 0.3 is 0 Å². The second kappa shape index (κ2) is 7.22. The molecule has 0 saturated heterocycles. The van der Waals surface area contributed by atoms with Gasteiger partial charge in [0.15, 0.2) is 0 Å². The van der Waals surface area contributed by atoms with Gasteiger partial charge in [0.05, 0.1) is 29.6 Å². The number of imidazole rings is 1. The van der Waals surface area contributed by atoms with Crippen molar-refractivity contribution < 1.29 is 10.2 Å². The molecule has 2 aromatic rings. The molecular formula is C15H22ClN3O2. The first-order chi connectivity index (χ1) is 10.1. The van der Waals surface area contributed by atoms with Crippen LogP contribution in [-0.4, -0.2) is 57.5 Å². The number of aliphatic hydroxyl groups excluding tert-OH is 2. The Kier molecular flexibility index (Phi) is 5.58. The summed E-state index contributed by atoms with van der Waals surface area (Å²) in [5, 5.41) is 17.9. The minimum Gasteiger partial charge on any atom is -0.395 e. The van der Waals surface area contributed by atoms with Crippen molar-refractivity contribution in [3.63, 3.8) is 0 Å². The number of halogens is 1. The molecule has 1 aromatic carbocycles. The van der Waals surface area contributed by atoms with Crippen molar-refractivity contribution in [3.8, 4) is 0 Å². The van der Waals surface area contributed by atoms with Crippen molar-refractivity contribution in [2.45, 2.75) is 12.3 Å². The van der Waals surface area contributed by atoms with Crippen molar-refractivity contribution >= 4 is 22.6 Å². The SMILES string of the molecule is Cc1nc2cc(C(Cl)CN(CCO)CCO)ccc2n1C. The molecule has 0 radical (unpaired) electrons. The minimum absolute atomic E-state index is 0.0576. The number of aromatic nitrogens is 2. The lowest BCUT2D eigenvalue weighted by Gasteiger charge is -2.23. The second-order valence-electron chi connectivity index (χ2n) is 5.18. The standard InChI is InChI=1S/C15H22ClN3O2/c1-11-17-14-9-12(3-4-15(14)18(11)2)13(16)10-19(5-7-20)6-8-21/h3-4,9,13,20-21H,5-8,10H2,1-2H3. The molecule has 2 N–H and O–H groups in total. The maximum atomic E-state index is 9.04. The molecule has 5 nitrogen and oxygen atoms in total. The number of nitrogens with zero attached hydrogens (tertiary/aromatic N) is 3. The number of alkyl halides is 1. The minimum atomic E-state index is -0.199. The van der Waals surface area contributed by atoms with Gasteiger partial charge in [0.2, 0.25) is 0 Å². The third kappa shape index (κ3) is 3.74. The first kappa shape index (κ1) is 16.2. The fourth-order valence-corrected chi connectivity index (χ4v) is 2.77. The van der Waals surface area contributed by atoms with Crippen LogP contribution in [-0.2, 0) is 7.05 Å². The number of rotatable bonds is 7. The van der Waals surface area contributed by atoms with Gasteiger partial charge in [-0.15, -0.1) is 11.6 Å². The zero-order valence-corrected chi connectivity index (χ0v) is 13.2. The van der Waals surface area contributed by atoms with E-state index in [2.05, 4.69) is 4.98 Å². The van der Waals surface area contributed by atoms with E-state index in [0.29, 0.717) is 19.6 Å². The van der Waals surface area contributed by atoms with Gasteiger partial charge < -0.3 is 14.8 Å². The molecule has 116 valence electrons. The topological polar surface area (TPSA) is 61.5 Å². The summed E-state index contributed by atoms with van der Waals surface area (Å²) in [6.07, 6.45) is 0. The van der Waals surface area contributed by atoms with Gasteiger partial charge in [-0.25, -0.2) is 4.98 Å². The van der Waals surface area contributed by atoms with E-state index in [4.69, 9.17) is 21.8 Å². The third-order valence-electron chi connectivity index (χ3n) is 3.74. The lowest BCUT2D eigenvalue weighted by atomic mass is 10.1. The van der Waals surface area contributed by atoms with E-state index >= 15 is 0 Å². The van der Waals surface area contributed by atoms with Crippen LogP contribution in [0.25, 0.3) is 11.0 Å². The lowest BCUT2D eigenvalue weighted by molar-refractivity contribution is 0.161. The molecule has 2 rings (SSSR count). The van der Waals surface area contributed by atoms with Gasteiger partial charge in [-0.2, -0.15) is 0 Å². The lowest BCUT2D eigenvalue weighted by Crippen LogP contribution is -2.32. The summed E-state index contributed by atoms with van der Waals surface area (Å²) < 4.78 is 2.05. The number of benzene rings is 1. The highest BCUT2D eigenvalue weighted by Crippen LogP contribution is 2.25. The molecule has 0 spiro atoms. The van der Waals surface area contributed by atoms with Crippen molar-refractivity contribution in [3.05, 3.63) is 29.6 Å². The molecule has 0 aliphatic rings. The highest BCUT2D eigenvalue weighted by Gasteiger charge is 2.15. The van der Waals surface area contributed by atoms with E-state index in [-0.39, 0.29) is 18.6 Å². The smallest absolute Gasteiger partial charge is 0.106 e. The molecule has 21 heavy (non-hydrogen) atoms. The molecular weight excluding hydrogens is 290 g/mol. The van der Waals surface area contributed by atoms with E-state index in [9.17, 15) is 0 Å². The van der Waals surface area contributed by atoms with Crippen molar-refractivity contribution in [2.24, 2.45) is 7.05 Å². The van der Waals surface area contributed by atoms with Crippen LogP contribution in [0.3, 0.4) is 0 Å². The quantitative estimate of drug-likeness (QED) is 0.760. The van der Waals surface area contributed by atoms with Crippen LogP contribution in [0.1, 0.15) is 16.8 Å². The fraction of sp³-hybridized carbons (Fsp3) is 0.533. The van der Waals surface area contributed by atoms with Crippen LogP contribution >= 0.6 is 11.6 Å². The summed E-state index contributed by atoms with van der Waals surface area (Å²) in [6.45, 7) is 3.69. The molecule has 0 aliphatic heterocycles. The molecule has 0 bridgehead atoms. The third-order valence-corrected chi connectivity index (χ3v) is 4.13. The van der Waals surface area contributed by atoms with E-state index in [1.54, 1.807) is 0 Å². The molecule has 1 atom stereocenters. The summed E-state index contributed by atoms with van der Waals surface area (Å²) in [5.74, 6) is 0.968. The van der Waals surface area contributed by atoms with Crippen LogP contribution < -0.4 is 0 Å². The predicted molar refractivity (Wildman–Crippen MR) is 84.7 cm³/mol. The Morgan fingerprint density at radius 3 is 2.57 bits per heavy atom. The van der Waals surface area contributed by atoms with E-state index in [1.807, 2.05) is 41.6 Å². The zero-order chi connectivity index (χ0) is 15.4. The van der Waals surface area contributed by atoms with Crippen LogP contribution in [0, 0.1) is 6.92 Å². The molecule has 1 aromatic heterocycles. The van der Waals surface area contributed by atoms with E-state index < -0.39 is 0 Å². The van der Waals surface area contributed by atoms with Crippen molar-refractivity contribution in [1.82, 2.24) is 14.5 Å². The Morgan fingerprint density at radius 2 is 1.95 bits per heavy atom. The summed E-state index contributed by atoms with van der Waals surface area (Å²) in [6, 6.07) is 6.05. The van der Waals surface area contributed by atoms with Crippen molar-refractivity contribution in [2.75, 3.05) is 32.8 Å². The molecule has 1 unspecified atom stereocenters. The molecule has 1 heterocycles. The number of hydrogen-bond acceptors (Lipinski definition) is 4. The Hall–Kier alpha value is -1.14. The van der Waals surface area contributed by atoms with Crippen LogP contribution in [0.5, 0.6) is 0 Å². The Balaban J connectivity index is 2.16. The maximum absolute atomic E-state index is 9.04. The Labute approximate surface area is 129 Å². The molecule has 0 saturated carbocycles. The highest BCUT2D eigenvalue weighted by atomic mass is 35.5. The average Bonchev–Trinajstić information content (AvgIpc) is 2.74. The first-order valence-corrected chi connectivity index (χ1v) is 7.51. The van der Waals surface area contributed by atoms with Gasteiger partial charge in [0.1, 0.15) is 5.82 Å². The van der Waals surface area contributed by atoms with Gasteiger partial charge in [-0.3, -0.25) is 4.90 Å². The number of aliphatic hydroxyl groups is 2.